The van der Waals surface area contributed by atoms with Crippen LogP contribution >= 0.6 is 0 Å². The van der Waals surface area contributed by atoms with E-state index in [0.29, 0.717) is 0 Å². The minimum atomic E-state index is -0.0338. The van der Waals surface area contributed by atoms with Crippen LogP contribution in [0.2, 0.25) is 0 Å². The van der Waals surface area contributed by atoms with Crippen LogP contribution in [0.5, 0.6) is 0 Å². The van der Waals surface area contributed by atoms with Crippen molar-refractivity contribution in [1.82, 2.24) is 14.8 Å². The molecule has 0 aliphatic carbocycles. The summed E-state index contributed by atoms with van der Waals surface area (Å²) in [7, 11) is 1.93. The van der Waals surface area contributed by atoms with Crippen molar-refractivity contribution < 1.29 is 0 Å². The van der Waals surface area contributed by atoms with E-state index < -0.39 is 0 Å². The second-order valence-corrected chi connectivity index (χ2v) is 4.19. The third-order valence-electron chi connectivity index (χ3n) is 2.83. The average molecular weight is 230 g/mol. The fourth-order valence-corrected chi connectivity index (χ4v) is 1.99. The Kier molecular flexibility index (Phi) is 3.54. The summed E-state index contributed by atoms with van der Waals surface area (Å²) in [6.45, 7) is 2.10. The fourth-order valence-electron chi connectivity index (χ4n) is 1.99. The van der Waals surface area contributed by atoms with Gasteiger partial charge < -0.3 is 5.73 Å². The highest BCUT2D eigenvalue weighted by molar-refractivity contribution is 5.23. The van der Waals surface area contributed by atoms with Crippen molar-refractivity contribution in [3.63, 3.8) is 0 Å². The standard InChI is InChI=1S/C13H18N4/c1-3-13-11(9-17(2)16-13)12(14)8-10-6-4-5-7-15-10/h4-7,9,12H,3,8,14H2,1-2H3. The maximum absolute atomic E-state index is 6.22. The highest BCUT2D eigenvalue weighted by Gasteiger charge is 2.14. The fraction of sp³-hybridized carbons (Fsp3) is 0.385. The number of hydrogen-bond donors (Lipinski definition) is 1. The van der Waals surface area contributed by atoms with Gasteiger partial charge in [-0.3, -0.25) is 9.67 Å². The summed E-state index contributed by atoms with van der Waals surface area (Å²) in [6, 6.07) is 5.87. The van der Waals surface area contributed by atoms with Gasteiger partial charge in [0, 0.05) is 43.2 Å². The zero-order valence-electron chi connectivity index (χ0n) is 10.3. The van der Waals surface area contributed by atoms with Crippen LogP contribution in [0.25, 0.3) is 0 Å². The summed E-state index contributed by atoms with van der Waals surface area (Å²) < 4.78 is 1.83. The SMILES string of the molecule is CCc1nn(C)cc1C(N)Cc1ccccn1. The van der Waals surface area contributed by atoms with E-state index in [-0.39, 0.29) is 6.04 Å². The van der Waals surface area contributed by atoms with Gasteiger partial charge in [-0.15, -0.1) is 0 Å². The first-order valence-electron chi connectivity index (χ1n) is 5.88. The largest absolute Gasteiger partial charge is 0.324 e. The molecule has 0 bridgehead atoms. The predicted octanol–water partition coefficient (Wildman–Crippen LogP) is 1.62. The Hall–Kier alpha value is -1.68. The van der Waals surface area contributed by atoms with Crippen LogP contribution in [-0.4, -0.2) is 14.8 Å². The number of hydrogen-bond acceptors (Lipinski definition) is 3. The smallest absolute Gasteiger partial charge is 0.0669 e. The minimum Gasteiger partial charge on any atom is -0.324 e. The van der Waals surface area contributed by atoms with Crippen LogP contribution in [-0.2, 0) is 19.9 Å². The first-order valence-corrected chi connectivity index (χ1v) is 5.88. The number of nitrogens with two attached hydrogens (primary N) is 1. The Morgan fingerprint density at radius 2 is 2.24 bits per heavy atom. The highest BCUT2D eigenvalue weighted by atomic mass is 15.3. The van der Waals surface area contributed by atoms with Gasteiger partial charge in [-0.2, -0.15) is 5.10 Å². The molecule has 1 unspecified atom stereocenters. The molecule has 2 rings (SSSR count). The third kappa shape index (κ3) is 2.71. The monoisotopic (exact) mass is 230 g/mol. The molecule has 2 aromatic rings. The maximum Gasteiger partial charge on any atom is 0.0669 e. The molecule has 0 radical (unpaired) electrons. The second-order valence-electron chi connectivity index (χ2n) is 4.19. The van der Waals surface area contributed by atoms with Crippen molar-refractivity contribution in [3.8, 4) is 0 Å². The van der Waals surface area contributed by atoms with Crippen molar-refractivity contribution in [2.24, 2.45) is 12.8 Å². The summed E-state index contributed by atoms with van der Waals surface area (Å²) in [4.78, 5) is 4.30. The summed E-state index contributed by atoms with van der Waals surface area (Å²) in [5, 5.41) is 4.41. The molecule has 4 nitrogen and oxygen atoms in total. The molecule has 4 heteroatoms. The lowest BCUT2D eigenvalue weighted by molar-refractivity contribution is 0.697. The zero-order chi connectivity index (χ0) is 12.3. The summed E-state index contributed by atoms with van der Waals surface area (Å²) >= 11 is 0. The van der Waals surface area contributed by atoms with E-state index >= 15 is 0 Å². The first kappa shape index (κ1) is 11.8. The van der Waals surface area contributed by atoms with Crippen molar-refractivity contribution in [2.75, 3.05) is 0 Å². The molecule has 90 valence electrons. The van der Waals surface area contributed by atoms with Crippen LogP contribution in [0.3, 0.4) is 0 Å². The molecule has 0 aliphatic rings. The van der Waals surface area contributed by atoms with Gasteiger partial charge in [-0.05, 0) is 18.6 Å². The van der Waals surface area contributed by atoms with Crippen LogP contribution in [0.1, 0.15) is 29.9 Å². The quantitative estimate of drug-likeness (QED) is 0.868. The summed E-state index contributed by atoms with van der Waals surface area (Å²) in [5.74, 6) is 0. The lowest BCUT2D eigenvalue weighted by Crippen LogP contribution is -2.15. The Morgan fingerprint density at radius 1 is 1.41 bits per heavy atom. The Balaban J connectivity index is 2.17. The predicted molar refractivity (Wildman–Crippen MR) is 67.5 cm³/mol. The van der Waals surface area contributed by atoms with E-state index in [4.69, 9.17) is 5.73 Å². The lowest BCUT2D eigenvalue weighted by Gasteiger charge is -2.10. The molecular formula is C13H18N4. The van der Waals surface area contributed by atoms with E-state index in [1.807, 2.05) is 36.1 Å². The van der Waals surface area contributed by atoms with Gasteiger partial charge in [-0.25, -0.2) is 0 Å². The van der Waals surface area contributed by atoms with Gasteiger partial charge in [-0.1, -0.05) is 13.0 Å². The molecule has 0 spiro atoms. The number of nitrogens with zero attached hydrogens (tertiary/aromatic N) is 3. The van der Waals surface area contributed by atoms with E-state index in [1.54, 1.807) is 6.20 Å². The molecule has 2 N–H and O–H groups in total. The van der Waals surface area contributed by atoms with Gasteiger partial charge in [0.2, 0.25) is 0 Å². The number of aryl methyl sites for hydroxylation is 2. The van der Waals surface area contributed by atoms with Gasteiger partial charge in [0.15, 0.2) is 0 Å². The van der Waals surface area contributed by atoms with Gasteiger partial charge in [0.25, 0.3) is 0 Å². The van der Waals surface area contributed by atoms with Crippen LogP contribution in [0.4, 0.5) is 0 Å². The van der Waals surface area contributed by atoms with Crippen LogP contribution in [0.15, 0.2) is 30.6 Å². The molecule has 0 saturated carbocycles. The van der Waals surface area contributed by atoms with Gasteiger partial charge in [0.05, 0.1) is 5.69 Å². The topological polar surface area (TPSA) is 56.7 Å². The Bertz CT molecular complexity index is 475. The van der Waals surface area contributed by atoms with Crippen molar-refractivity contribution in [1.29, 1.82) is 0 Å². The van der Waals surface area contributed by atoms with E-state index in [9.17, 15) is 0 Å². The highest BCUT2D eigenvalue weighted by Crippen LogP contribution is 2.18. The average Bonchev–Trinajstić information content (AvgIpc) is 2.72. The Labute approximate surface area is 101 Å². The molecule has 0 fully saturated rings. The normalized spacial score (nSPS) is 12.6. The number of aromatic nitrogens is 3. The van der Waals surface area contributed by atoms with Crippen molar-refractivity contribution in [3.05, 3.63) is 47.5 Å². The summed E-state index contributed by atoms with van der Waals surface area (Å²) in [6.07, 6.45) is 5.46. The molecule has 1 atom stereocenters. The molecule has 2 aromatic heterocycles. The zero-order valence-corrected chi connectivity index (χ0v) is 10.3. The lowest BCUT2D eigenvalue weighted by atomic mass is 10.0. The van der Waals surface area contributed by atoms with Crippen molar-refractivity contribution in [2.45, 2.75) is 25.8 Å². The molecule has 17 heavy (non-hydrogen) atoms. The molecule has 0 aliphatic heterocycles. The van der Waals surface area contributed by atoms with E-state index in [2.05, 4.69) is 17.0 Å². The van der Waals surface area contributed by atoms with Crippen molar-refractivity contribution >= 4 is 0 Å². The number of rotatable bonds is 4. The second kappa shape index (κ2) is 5.10. The molecule has 0 amide bonds. The third-order valence-corrected chi connectivity index (χ3v) is 2.83. The first-order chi connectivity index (χ1) is 8.20. The van der Waals surface area contributed by atoms with Gasteiger partial charge >= 0.3 is 0 Å². The van der Waals surface area contributed by atoms with Gasteiger partial charge in [0.1, 0.15) is 0 Å². The van der Waals surface area contributed by atoms with Crippen LogP contribution < -0.4 is 5.73 Å². The number of pyridine rings is 1. The van der Waals surface area contributed by atoms with E-state index in [0.717, 1.165) is 29.8 Å². The molecule has 0 saturated heterocycles. The Morgan fingerprint density at radius 3 is 2.88 bits per heavy atom. The molecule has 0 aromatic carbocycles. The maximum atomic E-state index is 6.22. The molecule has 2 heterocycles. The van der Waals surface area contributed by atoms with Crippen LogP contribution in [0, 0.1) is 0 Å². The van der Waals surface area contributed by atoms with E-state index in [1.165, 1.54) is 0 Å². The minimum absolute atomic E-state index is 0.0338. The molecular weight excluding hydrogens is 212 g/mol. The summed E-state index contributed by atoms with van der Waals surface area (Å²) in [5.41, 5.74) is 9.45.